The van der Waals surface area contributed by atoms with E-state index >= 15 is 0 Å². The van der Waals surface area contributed by atoms with E-state index in [1.807, 2.05) is 6.92 Å². The van der Waals surface area contributed by atoms with Crippen LogP contribution in [-0.4, -0.2) is 42.6 Å². The number of rotatable bonds is 5. The van der Waals surface area contributed by atoms with E-state index in [0.717, 1.165) is 19.3 Å². The van der Waals surface area contributed by atoms with Crippen LogP contribution in [0, 0.1) is 0 Å². The molecule has 0 spiro atoms. The smallest absolute Gasteiger partial charge is 0.409 e. The average Bonchev–Trinajstić information content (AvgIpc) is 2.77. The highest BCUT2D eigenvalue weighted by atomic mass is 16.6. The van der Waals surface area contributed by atoms with Crippen molar-refractivity contribution in [1.82, 2.24) is 10.2 Å². The zero-order chi connectivity index (χ0) is 12.7. The fraction of sp³-hybridized carbons (Fsp3) is 0.833. The second kappa shape index (κ2) is 7.14. The molecule has 0 radical (unpaired) electrons. The number of ether oxygens (including phenoxy) is 1. The summed E-state index contributed by atoms with van der Waals surface area (Å²) in [5.74, 6) is 0.0381. The summed E-state index contributed by atoms with van der Waals surface area (Å²) in [5, 5.41) is 2.89. The minimum atomic E-state index is -0.258. The molecule has 0 saturated carbocycles. The maximum atomic E-state index is 11.6. The molecule has 2 amide bonds. The summed E-state index contributed by atoms with van der Waals surface area (Å²) in [6.45, 7) is 5.59. The van der Waals surface area contributed by atoms with Crippen LogP contribution in [0.2, 0.25) is 0 Å². The van der Waals surface area contributed by atoms with E-state index in [1.54, 1.807) is 4.90 Å². The molecule has 0 aliphatic carbocycles. The van der Waals surface area contributed by atoms with E-state index in [0.29, 0.717) is 26.1 Å². The molecule has 1 N–H and O–H groups in total. The highest BCUT2D eigenvalue weighted by Gasteiger charge is 2.27. The van der Waals surface area contributed by atoms with Gasteiger partial charge in [-0.3, -0.25) is 4.79 Å². The highest BCUT2D eigenvalue weighted by Crippen LogP contribution is 2.11. The van der Waals surface area contributed by atoms with Crippen molar-refractivity contribution in [2.24, 2.45) is 0 Å². The van der Waals surface area contributed by atoms with Crippen molar-refractivity contribution >= 4 is 12.0 Å². The summed E-state index contributed by atoms with van der Waals surface area (Å²) in [6, 6.07) is 0.0844. The van der Waals surface area contributed by atoms with Gasteiger partial charge in [0.05, 0.1) is 6.61 Å². The number of nitrogens with zero attached hydrogens (tertiary/aromatic N) is 1. The summed E-state index contributed by atoms with van der Waals surface area (Å²) >= 11 is 0. The van der Waals surface area contributed by atoms with Crippen molar-refractivity contribution in [1.29, 1.82) is 0 Å². The van der Waals surface area contributed by atoms with E-state index in [4.69, 9.17) is 4.74 Å². The Morgan fingerprint density at radius 3 is 2.82 bits per heavy atom. The van der Waals surface area contributed by atoms with E-state index in [2.05, 4.69) is 12.2 Å². The van der Waals surface area contributed by atoms with Crippen molar-refractivity contribution in [3.05, 3.63) is 0 Å². The van der Waals surface area contributed by atoms with Crippen LogP contribution in [0.3, 0.4) is 0 Å². The van der Waals surface area contributed by atoms with Gasteiger partial charge in [0.1, 0.15) is 0 Å². The van der Waals surface area contributed by atoms with Gasteiger partial charge in [-0.05, 0) is 12.8 Å². The average molecular weight is 242 g/mol. The third kappa shape index (κ3) is 4.63. The van der Waals surface area contributed by atoms with Crippen LogP contribution >= 0.6 is 0 Å². The Kier molecular flexibility index (Phi) is 5.80. The fourth-order valence-electron chi connectivity index (χ4n) is 1.77. The monoisotopic (exact) mass is 242 g/mol. The Hall–Kier alpha value is -1.26. The second-order valence-corrected chi connectivity index (χ2v) is 4.32. The molecule has 0 aromatic rings. The Bertz CT molecular complexity index is 268. The van der Waals surface area contributed by atoms with E-state index in [-0.39, 0.29) is 18.0 Å². The minimum Gasteiger partial charge on any atom is -0.449 e. The van der Waals surface area contributed by atoms with E-state index in [9.17, 15) is 9.59 Å². The van der Waals surface area contributed by atoms with Crippen molar-refractivity contribution in [3.8, 4) is 0 Å². The first-order chi connectivity index (χ1) is 8.17. The fourth-order valence-corrected chi connectivity index (χ4v) is 1.77. The quantitative estimate of drug-likeness (QED) is 0.744. The summed E-state index contributed by atoms with van der Waals surface area (Å²) in [5.41, 5.74) is 0. The highest BCUT2D eigenvalue weighted by molar-refractivity contribution is 5.76. The lowest BCUT2D eigenvalue weighted by Gasteiger charge is -2.16. The second-order valence-electron chi connectivity index (χ2n) is 4.32. The molecule has 5 nitrogen and oxygen atoms in total. The SMILES string of the molecule is CCCCOC(=O)N1CC[C@H](NC(=O)CC)C1. The summed E-state index contributed by atoms with van der Waals surface area (Å²) in [4.78, 5) is 24.5. The molecular formula is C12H22N2O3. The zero-order valence-corrected chi connectivity index (χ0v) is 10.7. The van der Waals surface area contributed by atoms with Crippen LogP contribution in [0.25, 0.3) is 0 Å². The normalized spacial score (nSPS) is 19.2. The van der Waals surface area contributed by atoms with Gasteiger partial charge in [0.25, 0.3) is 0 Å². The van der Waals surface area contributed by atoms with Gasteiger partial charge in [-0.2, -0.15) is 0 Å². The topological polar surface area (TPSA) is 58.6 Å². The number of likely N-dealkylation sites (tertiary alicyclic amines) is 1. The van der Waals surface area contributed by atoms with Crippen molar-refractivity contribution < 1.29 is 14.3 Å². The van der Waals surface area contributed by atoms with Gasteiger partial charge in [-0.1, -0.05) is 20.3 Å². The first kappa shape index (κ1) is 13.8. The first-order valence-corrected chi connectivity index (χ1v) is 6.38. The van der Waals surface area contributed by atoms with Crippen LogP contribution in [0.5, 0.6) is 0 Å². The molecule has 1 aliphatic heterocycles. The molecule has 1 saturated heterocycles. The maximum absolute atomic E-state index is 11.6. The number of hydrogen-bond acceptors (Lipinski definition) is 3. The number of unbranched alkanes of at least 4 members (excludes halogenated alkanes) is 1. The lowest BCUT2D eigenvalue weighted by atomic mass is 10.2. The molecular weight excluding hydrogens is 220 g/mol. The molecule has 0 aromatic carbocycles. The van der Waals surface area contributed by atoms with Crippen LogP contribution in [0.15, 0.2) is 0 Å². The van der Waals surface area contributed by atoms with Crippen LogP contribution in [0.1, 0.15) is 39.5 Å². The standard InChI is InChI=1S/C12H22N2O3/c1-3-5-8-17-12(16)14-7-6-10(9-14)13-11(15)4-2/h10H,3-9H2,1-2H3,(H,13,15)/t10-/m0/s1. The Morgan fingerprint density at radius 1 is 1.41 bits per heavy atom. The third-order valence-electron chi connectivity index (χ3n) is 2.86. The molecule has 1 fully saturated rings. The largest absolute Gasteiger partial charge is 0.449 e. The van der Waals surface area contributed by atoms with Gasteiger partial charge in [-0.25, -0.2) is 4.79 Å². The molecule has 17 heavy (non-hydrogen) atoms. The van der Waals surface area contributed by atoms with Crippen molar-refractivity contribution in [2.75, 3.05) is 19.7 Å². The van der Waals surface area contributed by atoms with Crippen LogP contribution in [-0.2, 0) is 9.53 Å². The molecule has 0 unspecified atom stereocenters. The van der Waals surface area contributed by atoms with Gasteiger partial charge < -0.3 is 15.0 Å². The van der Waals surface area contributed by atoms with Gasteiger partial charge in [0.2, 0.25) is 5.91 Å². The Balaban J connectivity index is 2.24. The summed E-state index contributed by atoms with van der Waals surface area (Å²) in [7, 11) is 0. The van der Waals surface area contributed by atoms with Gasteiger partial charge >= 0.3 is 6.09 Å². The van der Waals surface area contributed by atoms with Crippen molar-refractivity contribution in [3.63, 3.8) is 0 Å². The molecule has 5 heteroatoms. The summed E-state index contributed by atoms with van der Waals surface area (Å²) in [6.07, 6.45) is 2.95. The van der Waals surface area contributed by atoms with Crippen LogP contribution < -0.4 is 5.32 Å². The van der Waals surface area contributed by atoms with Gasteiger partial charge in [-0.15, -0.1) is 0 Å². The number of amides is 2. The Morgan fingerprint density at radius 2 is 2.18 bits per heavy atom. The maximum Gasteiger partial charge on any atom is 0.409 e. The predicted octanol–water partition coefficient (Wildman–Crippen LogP) is 1.52. The molecule has 0 bridgehead atoms. The van der Waals surface area contributed by atoms with Gasteiger partial charge in [0, 0.05) is 25.6 Å². The molecule has 1 heterocycles. The van der Waals surface area contributed by atoms with Crippen molar-refractivity contribution in [2.45, 2.75) is 45.6 Å². The molecule has 1 aliphatic rings. The van der Waals surface area contributed by atoms with E-state index < -0.39 is 0 Å². The molecule has 1 rings (SSSR count). The van der Waals surface area contributed by atoms with E-state index in [1.165, 1.54) is 0 Å². The summed E-state index contributed by atoms with van der Waals surface area (Å²) < 4.78 is 5.12. The van der Waals surface area contributed by atoms with Crippen LogP contribution in [0.4, 0.5) is 4.79 Å². The lowest BCUT2D eigenvalue weighted by Crippen LogP contribution is -2.38. The number of carbonyl (C=O) groups excluding carboxylic acids is 2. The first-order valence-electron chi connectivity index (χ1n) is 6.38. The molecule has 98 valence electrons. The minimum absolute atomic E-state index is 0.0381. The lowest BCUT2D eigenvalue weighted by molar-refractivity contribution is -0.121. The Labute approximate surface area is 102 Å². The zero-order valence-electron chi connectivity index (χ0n) is 10.7. The molecule has 1 atom stereocenters. The molecule has 0 aromatic heterocycles. The number of carbonyl (C=O) groups is 2. The number of hydrogen-bond donors (Lipinski definition) is 1. The predicted molar refractivity (Wildman–Crippen MR) is 64.7 cm³/mol. The third-order valence-corrected chi connectivity index (χ3v) is 2.86. The van der Waals surface area contributed by atoms with Gasteiger partial charge in [0.15, 0.2) is 0 Å². The number of nitrogens with one attached hydrogen (secondary N) is 1.